The van der Waals surface area contributed by atoms with Gasteiger partial charge in [0, 0.05) is 16.3 Å². The number of hydrogen-bond acceptors (Lipinski definition) is 3. The molecular weight excluding hydrogens is 405 g/mol. The molecule has 0 bridgehead atoms. The van der Waals surface area contributed by atoms with Gasteiger partial charge in [-0.1, -0.05) is 23.7 Å². The Morgan fingerprint density at radius 2 is 1.77 bits per heavy atom. The summed E-state index contributed by atoms with van der Waals surface area (Å²) in [5, 5.41) is 3.76. The molecule has 0 saturated heterocycles. The standard InChI is InChI=1S/C23H17ClFN3O2/c1-14-26-21-11-10-19(27-22(29)16-4-8-18(25)9-5-16)12-20(21)23(30)28(14)13-15-2-6-17(24)7-3-15/h2-12H,13H2,1H3,(H,27,29). The van der Waals surface area contributed by atoms with Crippen LogP contribution in [0.3, 0.4) is 0 Å². The molecule has 1 aromatic heterocycles. The number of carbonyl (C=O) groups is 1. The second kappa shape index (κ2) is 8.08. The first-order chi connectivity index (χ1) is 14.4. The highest BCUT2D eigenvalue weighted by atomic mass is 35.5. The van der Waals surface area contributed by atoms with E-state index < -0.39 is 11.7 Å². The lowest BCUT2D eigenvalue weighted by molar-refractivity contribution is 0.102. The Bertz CT molecular complexity index is 1300. The van der Waals surface area contributed by atoms with Gasteiger partial charge in [-0.15, -0.1) is 0 Å². The van der Waals surface area contributed by atoms with Gasteiger partial charge in [-0.25, -0.2) is 9.37 Å². The van der Waals surface area contributed by atoms with E-state index in [1.54, 1.807) is 41.8 Å². The molecule has 30 heavy (non-hydrogen) atoms. The highest BCUT2D eigenvalue weighted by Gasteiger charge is 2.12. The van der Waals surface area contributed by atoms with Gasteiger partial charge in [0.05, 0.1) is 17.4 Å². The molecule has 0 radical (unpaired) electrons. The quantitative estimate of drug-likeness (QED) is 0.515. The molecule has 150 valence electrons. The molecule has 0 spiro atoms. The van der Waals surface area contributed by atoms with Gasteiger partial charge in [0.15, 0.2) is 0 Å². The topological polar surface area (TPSA) is 64.0 Å². The van der Waals surface area contributed by atoms with Gasteiger partial charge in [0.1, 0.15) is 11.6 Å². The molecule has 0 aliphatic carbocycles. The van der Waals surface area contributed by atoms with E-state index in [1.807, 2.05) is 12.1 Å². The number of hydrogen-bond donors (Lipinski definition) is 1. The summed E-state index contributed by atoms with van der Waals surface area (Å²) in [6.45, 7) is 2.14. The summed E-state index contributed by atoms with van der Waals surface area (Å²) in [5.41, 5.74) is 2.04. The fourth-order valence-corrected chi connectivity index (χ4v) is 3.30. The van der Waals surface area contributed by atoms with Crippen LogP contribution in [0.5, 0.6) is 0 Å². The van der Waals surface area contributed by atoms with Crippen LogP contribution < -0.4 is 10.9 Å². The number of nitrogens with one attached hydrogen (secondary N) is 1. The fraction of sp³-hybridized carbons (Fsp3) is 0.0870. The summed E-state index contributed by atoms with van der Waals surface area (Å²) in [6.07, 6.45) is 0. The van der Waals surface area contributed by atoms with E-state index in [4.69, 9.17) is 11.6 Å². The third-order valence-corrected chi connectivity index (χ3v) is 5.02. The third kappa shape index (κ3) is 4.09. The molecular formula is C23H17ClFN3O2. The van der Waals surface area contributed by atoms with Gasteiger partial charge in [-0.05, 0) is 67.1 Å². The summed E-state index contributed by atoms with van der Waals surface area (Å²) in [5.74, 6) is -0.221. The van der Waals surface area contributed by atoms with Gasteiger partial charge in [0.2, 0.25) is 0 Å². The number of carbonyl (C=O) groups excluding carboxylic acids is 1. The normalized spacial score (nSPS) is 10.9. The Balaban J connectivity index is 1.67. The lowest BCUT2D eigenvalue weighted by Gasteiger charge is -2.12. The van der Waals surface area contributed by atoms with Crippen LogP contribution in [0.2, 0.25) is 5.02 Å². The fourth-order valence-electron chi connectivity index (χ4n) is 3.17. The second-order valence-electron chi connectivity index (χ2n) is 6.87. The van der Waals surface area contributed by atoms with Crippen molar-refractivity contribution in [3.63, 3.8) is 0 Å². The van der Waals surface area contributed by atoms with E-state index in [0.717, 1.165) is 5.56 Å². The lowest BCUT2D eigenvalue weighted by Crippen LogP contribution is -2.24. The van der Waals surface area contributed by atoms with Crippen LogP contribution in [-0.4, -0.2) is 15.5 Å². The molecule has 1 heterocycles. The van der Waals surface area contributed by atoms with Gasteiger partial charge in [-0.2, -0.15) is 0 Å². The molecule has 1 amide bonds. The van der Waals surface area contributed by atoms with E-state index in [-0.39, 0.29) is 5.56 Å². The van der Waals surface area contributed by atoms with Crippen molar-refractivity contribution in [3.8, 4) is 0 Å². The molecule has 3 aromatic carbocycles. The van der Waals surface area contributed by atoms with Crippen molar-refractivity contribution < 1.29 is 9.18 Å². The molecule has 0 aliphatic heterocycles. The molecule has 4 aromatic rings. The van der Waals surface area contributed by atoms with Gasteiger partial charge in [0.25, 0.3) is 11.5 Å². The van der Waals surface area contributed by atoms with Crippen molar-refractivity contribution in [2.24, 2.45) is 0 Å². The summed E-state index contributed by atoms with van der Waals surface area (Å²) in [7, 11) is 0. The van der Waals surface area contributed by atoms with E-state index >= 15 is 0 Å². The number of aromatic nitrogens is 2. The maximum absolute atomic E-state index is 13.1. The van der Waals surface area contributed by atoms with Crippen molar-refractivity contribution in [1.29, 1.82) is 0 Å². The largest absolute Gasteiger partial charge is 0.322 e. The van der Waals surface area contributed by atoms with Crippen LogP contribution in [0.25, 0.3) is 10.9 Å². The van der Waals surface area contributed by atoms with Crippen LogP contribution in [0.1, 0.15) is 21.7 Å². The van der Waals surface area contributed by atoms with Crippen LogP contribution in [0.15, 0.2) is 71.5 Å². The van der Waals surface area contributed by atoms with Crippen molar-refractivity contribution >= 4 is 34.1 Å². The average Bonchev–Trinajstić information content (AvgIpc) is 2.73. The Hall–Kier alpha value is -3.51. The van der Waals surface area contributed by atoms with Crippen LogP contribution in [0, 0.1) is 12.7 Å². The number of halogens is 2. The first-order valence-electron chi connectivity index (χ1n) is 9.23. The number of aryl methyl sites for hydroxylation is 1. The Labute approximate surface area is 176 Å². The highest BCUT2D eigenvalue weighted by molar-refractivity contribution is 6.30. The lowest BCUT2D eigenvalue weighted by atomic mass is 10.1. The van der Waals surface area contributed by atoms with E-state index in [2.05, 4.69) is 10.3 Å². The highest BCUT2D eigenvalue weighted by Crippen LogP contribution is 2.17. The number of nitrogens with zero attached hydrogens (tertiary/aromatic N) is 2. The monoisotopic (exact) mass is 421 g/mol. The zero-order chi connectivity index (χ0) is 21.3. The molecule has 0 atom stereocenters. The number of amides is 1. The minimum absolute atomic E-state index is 0.203. The Morgan fingerprint density at radius 3 is 2.47 bits per heavy atom. The summed E-state index contributed by atoms with van der Waals surface area (Å²) in [4.78, 5) is 30.0. The zero-order valence-corrected chi connectivity index (χ0v) is 16.8. The molecule has 0 saturated carbocycles. The van der Waals surface area contributed by atoms with Crippen LogP contribution >= 0.6 is 11.6 Å². The smallest absolute Gasteiger partial charge is 0.261 e. The van der Waals surface area contributed by atoms with Crippen molar-refractivity contribution in [2.45, 2.75) is 13.5 Å². The first kappa shape index (κ1) is 19.8. The molecule has 0 fully saturated rings. The molecule has 0 unspecified atom stereocenters. The third-order valence-electron chi connectivity index (χ3n) is 4.76. The van der Waals surface area contributed by atoms with Gasteiger partial charge >= 0.3 is 0 Å². The number of rotatable bonds is 4. The van der Waals surface area contributed by atoms with E-state index in [0.29, 0.717) is 39.5 Å². The maximum atomic E-state index is 13.1. The van der Waals surface area contributed by atoms with Crippen LogP contribution in [0.4, 0.5) is 10.1 Å². The predicted molar refractivity (Wildman–Crippen MR) is 116 cm³/mol. The second-order valence-corrected chi connectivity index (χ2v) is 7.31. The SMILES string of the molecule is Cc1nc2ccc(NC(=O)c3ccc(F)cc3)cc2c(=O)n1Cc1ccc(Cl)cc1. The van der Waals surface area contributed by atoms with Crippen molar-refractivity contribution in [1.82, 2.24) is 9.55 Å². The number of fused-ring (bicyclic) bond motifs is 1. The summed E-state index contributed by atoms with van der Waals surface area (Å²) < 4.78 is 14.6. The maximum Gasteiger partial charge on any atom is 0.261 e. The number of anilines is 1. The summed E-state index contributed by atoms with van der Waals surface area (Å²) in [6, 6.07) is 17.5. The predicted octanol–water partition coefficient (Wildman–Crippen LogP) is 4.80. The minimum atomic E-state index is -0.417. The first-order valence-corrected chi connectivity index (χ1v) is 9.61. The summed E-state index contributed by atoms with van der Waals surface area (Å²) >= 11 is 5.93. The average molecular weight is 422 g/mol. The molecule has 4 rings (SSSR count). The van der Waals surface area contributed by atoms with Gasteiger partial charge < -0.3 is 5.32 Å². The molecule has 0 aliphatic rings. The van der Waals surface area contributed by atoms with E-state index in [1.165, 1.54) is 24.3 Å². The van der Waals surface area contributed by atoms with E-state index in [9.17, 15) is 14.0 Å². The molecule has 7 heteroatoms. The van der Waals surface area contributed by atoms with Crippen molar-refractivity contribution in [2.75, 3.05) is 5.32 Å². The Kier molecular flexibility index (Phi) is 5.33. The molecule has 5 nitrogen and oxygen atoms in total. The Morgan fingerprint density at radius 1 is 1.07 bits per heavy atom. The van der Waals surface area contributed by atoms with Gasteiger partial charge in [-0.3, -0.25) is 14.2 Å². The number of benzene rings is 3. The van der Waals surface area contributed by atoms with Crippen molar-refractivity contribution in [3.05, 3.63) is 105 Å². The van der Waals surface area contributed by atoms with Crippen LogP contribution in [-0.2, 0) is 6.54 Å². The minimum Gasteiger partial charge on any atom is -0.322 e. The molecule has 1 N–H and O–H groups in total. The zero-order valence-electron chi connectivity index (χ0n) is 16.0.